The zero-order valence-electron chi connectivity index (χ0n) is 12.8. The van der Waals surface area contributed by atoms with Crippen LogP contribution in [0.2, 0.25) is 0 Å². The van der Waals surface area contributed by atoms with Gasteiger partial charge in [-0.1, -0.05) is 13.8 Å². The van der Waals surface area contributed by atoms with Crippen molar-refractivity contribution in [3.63, 3.8) is 0 Å². The van der Waals surface area contributed by atoms with Crippen LogP contribution >= 0.6 is 0 Å². The third-order valence-corrected chi connectivity index (χ3v) is 3.28. The lowest BCUT2D eigenvalue weighted by Crippen LogP contribution is -2.25. The molecule has 0 saturated heterocycles. The van der Waals surface area contributed by atoms with Gasteiger partial charge in [0.15, 0.2) is 17.6 Å². The summed E-state index contributed by atoms with van der Waals surface area (Å²) in [6.45, 7) is 4.79. The highest BCUT2D eigenvalue weighted by atomic mass is 16.5. The first kappa shape index (κ1) is 16.2. The molecular weight excluding hydrogens is 286 g/mol. The van der Waals surface area contributed by atoms with E-state index in [9.17, 15) is 9.90 Å². The van der Waals surface area contributed by atoms with Gasteiger partial charge in [0.25, 0.3) is 0 Å². The molecule has 0 saturated carbocycles. The maximum absolute atomic E-state index is 11.7. The largest absolute Gasteiger partial charge is 0.464 e. The molecule has 0 amide bonds. The van der Waals surface area contributed by atoms with E-state index in [0.29, 0.717) is 36.1 Å². The first-order valence-corrected chi connectivity index (χ1v) is 7.25. The molecule has 0 aromatic carbocycles. The maximum Gasteiger partial charge on any atom is 0.335 e. The Balaban J connectivity index is 1.88. The average Bonchev–Trinajstić information content (AvgIpc) is 2.89. The minimum atomic E-state index is -1.16. The average molecular weight is 307 g/mol. The van der Waals surface area contributed by atoms with Crippen molar-refractivity contribution in [3.8, 4) is 0 Å². The summed E-state index contributed by atoms with van der Waals surface area (Å²) < 4.78 is 6.75. The van der Waals surface area contributed by atoms with Gasteiger partial charge in [-0.2, -0.15) is 0 Å². The van der Waals surface area contributed by atoms with Crippen LogP contribution in [0.5, 0.6) is 0 Å². The molecule has 3 N–H and O–H groups in total. The predicted octanol–water partition coefficient (Wildman–Crippen LogP) is 0.749. The molecule has 0 fully saturated rings. The van der Waals surface area contributed by atoms with Crippen LogP contribution in [0.4, 0.5) is 5.82 Å². The van der Waals surface area contributed by atoms with Gasteiger partial charge in [0, 0.05) is 13.0 Å². The Kier molecular flexibility index (Phi) is 5.26. The molecule has 0 aliphatic heterocycles. The Hall–Kier alpha value is -2.22. The monoisotopic (exact) mass is 307 g/mol. The Morgan fingerprint density at radius 1 is 1.36 bits per heavy atom. The summed E-state index contributed by atoms with van der Waals surface area (Å²) in [4.78, 5) is 23.7. The van der Waals surface area contributed by atoms with Crippen LogP contribution in [-0.2, 0) is 16.1 Å². The van der Waals surface area contributed by atoms with Crippen LogP contribution in [0.1, 0.15) is 26.7 Å². The molecule has 2 heterocycles. The van der Waals surface area contributed by atoms with Crippen molar-refractivity contribution in [3.05, 3.63) is 12.7 Å². The number of nitrogens with zero attached hydrogens (tertiary/aromatic N) is 4. The lowest BCUT2D eigenvalue weighted by atomic mass is 10.1. The molecule has 2 aromatic heterocycles. The Morgan fingerprint density at radius 2 is 2.14 bits per heavy atom. The molecule has 0 bridgehead atoms. The van der Waals surface area contributed by atoms with Crippen molar-refractivity contribution in [2.45, 2.75) is 39.3 Å². The highest BCUT2D eigenvalue weighted by Crippen LogP contribution is 2.15. The minimum Gasteiger partial charge on any atom is -0.464 e. The van der Waals surface area contributed by atoms with Crippen molar-refractivity contribution in [1.82, 2.24) is 19.5 Å². The fourth-order valence-corrected chi connectivity index (χ4v) is 1.93. The fourth-order valence-electron chi connectivity index (χ4n) is 1.93. The summed E-state index contributed by atoms with van der Waals surface area (Å²) in [5.41, 5.74) is 6.79. The van der Waals surface area contributed by atoms with Gasteiger partial charge in [0.05, 0.1) is 12.9 Å². The summed E-state index contributed by atoms with van der Waals surface area (Å²) in [5, 5.41) is 9.84. The molecule has 0 aliphatic carbocycles. The van der Waals surface area contributed by atoms with E-state index in [4.69, 9.17) is 10.5 Å². The normalized spacial score (nSPS) is 12.7. The highest BCUT2D eigenvalue weighted by molar-refractivity contribution is 5.81. The standard InChI is InChI=1S/C14H21N5O3/c1-9(2)4-6-22-14(21)10(20)3-5-19-8-18-11-12(15)16-7-17-13(11)19/h7-10,20H,3-6H2,1-2H3,(H2,15,16,17). The number of rotatable bonds is 7. The Labute approximate surface area is 128 Å². The highest BCUT2D eigenvalue weighted by Gasteiger charge is 2.17. The topological polar surface area (TPSA) is 116 Å². The molecular formula is C14H21N5O3. The van der Waals surface area contributed by atoms with E-state index in [1.807, 2.05) is 13.8 Å². The second-order valence-electron chi connectivity index (χ2n) is 5.52. The third kappa shape index (κ3) is 3.91. The maximum atomic E-state index is 11.7. The molecule has 8 heteroatoms. The van der Waals surface area contributed by atoms with Gasteiger partial charge in [0.1, 0.15) is 11.8 Å². The van der Waals surface area contributed by atoms with Crippen LogP contribution in [0.15, 0.2) is 12.7 Å². The van der Waals surface area contributed by atoms with Crippen LogP contribution in [0.3, 0.4) is 0 Å². The van der Waals surface area contributed by atoms with Crippen LogP contribution in [0.25, 0.3) is 11.2 Å². The number of ether oxygens (including phenoxy) is 1. The number of aryl methyl sites for hydroxylation is 1. The van der Waals surface area contributed by atoms with E-state index in [1.54, 1.807) is 10.9 Å². The van der Waals surface area contributed by atoms with E-state index < -0.39 is 12.1 Å². The molecule has 8 nitrogen and oxygen atoms in total. The summed E-state index contributed by atoms with van der Waals surface area (Å²) in [7, 11) is 0. The Bertz CT molecular complexity index is 640. The summed E-state index contributed by atoms with van der Waals surface area (Å²) in [6.07, 6.45) is 2.75. The van der Waals surface area contributed by atoms with Gasteiger partial charge in [-0.25, -0.2) is 19.7 Å². The zero-order valence-corrected chi connectivity index (χ0v) is 12.8. The number of esters is 1. The van der Waals surface area contributed by atoms with Crippen molar-refractivity contribution in [2.75, 3.05) is 12.3 Å². The number of carbonyl (C=O) groups is 1. The van der Waals surface area contributed by atoms with Crippen LogP contribution < -0.4 is 5.73 Å². The summed E-state index contributed by atoms with van der Waals surface area (Å²) >= 11 is 0. The van der Waals surface area contributed by atoms with E-state index in [-0.39, 0.29) is 6.42 Å². The molecule has 0 radical (unpaired) electrons. The number of carbonyl (C=O) groups excluding carboxylic acids is 1. The molecule has 2 aromatic rings. The molecule has 22 heavy (non-hydrogen) atoms. The van der Waals surface area contributed by atoms with Gasteiger partial charge in [-0.15, -0.1) is 0 Å². The number of nitrogens with two attached hydrogens (primary N) is 1. The summed E-state index contributed by atoms with van der Waals surface area (Å²) in [5.74, 6) is 0.156. The van der Waals surface area contributed by atoms with Gasteiger partial charge in [0.2, 0.25) is 0 Å². The quantitative estimate of drug-likeness (QED) is 0.725. The molecule has 1 atom stereocenters. The van der Waals surface area contributed by atoms with E-state index >= 15 is 0 Å². The number of hydrogen-bond donors (Lipinski definition) is 2. The number of anilines is 1. The van der Waals surface area contributed by atoms with Crippen molar-refractivity contribution >= 4 is 23.0 Å². The van der Waals surface area contributed by atoms with E-state index in [2.05, 4.69) is 15.0 Å². The number of hydrogen-bond acceptors (Lipinski definition) is 7. The number of fused-ring (bicyclic) bond motifs is 1. The van der Waals surface area contributed by atoms with Crippen molar-refractivity contribution in [2.24, 2.45) is 5.92 Å². The van der Waals surface area contributed by atoms with Gasteiger partial charge >= 0.3 is 5.97 Å². The smallest absolute Gasteiger partial charge is 0.335 e. The fraction of sp³-hybridized carbons (Fsp3) is 0.571. The first-order chi connectivity index (χ1) is 10.5. The second-order valence-corrected chi connectivity index (χ2v) is 5.52. The molecule has 2 rings (SSSR count). The number of aliphatic hydroxyl groups excluding tert-OH is 1. The SMILES string of the molecule is CC(C)CCOC(=O)C(O)CCn1cnc2c(N)ncnc21. The number of aliphatic hydroxyl groups is 1. The molecule has 0 spiro atoms. The number of nitrogen functional groups attached to an aromatic ring is 1. The molecule has 120 valence electrons. The van der Waals surface area contributed by atoms with E-state index in [1.165, 1.54) is 6.33 Å². The van der Waals surface area contributed by atoms with Crippen LogP contribution in [-0.4, -0.2) is 43.3 Å². The lowest BCUT2D eigenvalue weighted by Gasteiger charge is -2.12. The van der Waals surface area contributed by atoms with Gasteiger partial charge in [-0.3, -0.25) is 0 Å². The predicted molar refractivity (Wildman–Crippen MR) is 80.8 cm³/mol. The zero-order chi connectivity index (χ0) is 16.1. The van der Waals surface area contributed by atoms with Gasteiger partial charge in [-0.05, 0) is 12.3 Å². The molecule has 1 unspecified atom stereocenters. The number of aromatic nitrogens is 4. The third-order valence-electron chi connectivity index (χ3n) is 3.28. The van der Waals surface area contributed by atoms with Crippen molar-refractivity contribution < 1.29 is 14.6 Å². The number of imidazole rings is 1. The molecule has 0 aliphatic rings. The minimum absolute atomic E-state index is 0.218. The Morgan fingerprint density at radius 3 is 2.86 bits per heavy atom. The lowest BCUT2D eigenvalue weighted by molar-refractivity contribution is -0.154. The van der Waals surface area contributed by atoms with Crippen molar-refractivity contribution in [1.29, 1.82) is 0 Å². The van der Waals surface area contributed by atoms with Gasteiger partial charge < -0.3 is 20.1 Å². The van der Waals surface area contributed by atoms with Crippen LogP contribution in [0, 0.1) is 5.92 Å². The first-order valence-electron chi connectivity index (χ1n) is 7.25. The van der Waals surface area contributed by atoms with E-state index in [0.717, 1.165) is 6.42 Å². The second kappa shape index (κ2) is 7.17. The summed E-state index contributed by atoms with van der Waals surface area (Å²) in [6, 6.07) is 0.